The average Bonchev–Trinajstić information content (AvgIpc) is 2.85. The third-order valence-corrected chi connectivity index (χ3v) is 6.03. The van der Waals surface area contributed by atoms with E-state index in [0.717, 1.165) is 23.2 Å². The number of amides is 2. The predicted molar refractivity (Wildman–Crippen MR) is 136 cm³/mol. The zero-order chi connectivity index (χ0) is 25.0. The maximum absolute atomic E-state index is 13.0. The van der Waals surface area contributed by atoms with Crippen LogP contribution in [-0.2, 0) is 32.1 Å². The fourth-order valence-corrected chi connectivity index (χ4v) is 4.19. The third-order valence-electron chi connectivity index (χ3n) is 6.03. The Labute approximate surface area is 207 Å². The summed E-state index contributed by atoms with van der Waals surface area (Å²) in [5.41, 5.74) is 3.00. The van der Waals surface area contributed by atoms with Crippen molar-refractivity contribution in [3.05, 3.63) is 65.7 Å². The second kappa shape index (κ2) is 13.6. The lowest BCUT2D eigenvalue weighted by Crippen LogP contribution is -2.52. The van der Waals surface area contributed by atoms with Crippen molar-refractivity contribution >= 4 is 23.5 Å². The van der Waals surface area contributed by atoms with Gasteiger partial charge in [-0.1, -0.05) is 55.5 Å². The molecule has 0 aliphatic carbocycles. The largest absolute Gasteiger partial charge is 0.465 e. The van der Waals surface area contributed by atoms with Gasteiger partial charge in [-0.25, -0.2) is 0 Å². The predicted octanol–water partition coefficient (Wildman–Crippen LogP) is 2.40. The minimum absolute atomic E-state index is 0.0220. The van der Waals surface area contributed by atoms with Crippen LogP contribution in [-0.4, -0.2) is 84.9 Å². The molecule has 1 fully saturated rings. The zero-order valence-electron chi connectivity index (χ0n) is 20.7. The van der Waals surface area contributed by atoms with Crippen molar-refractivity contribution in [3.63, 3.8) is 0 Å². The number of carbonyl (C=O) groups excluding carboxylic acids is 3. The number of hydrogen-bond donors (Lipinski definition) is 1. The molecule has 2 aromatic rings. The minimum Gasteiger partial charge on any atom is -0.465 e. The summed E-state index contributed by atoms with van der Waals surface area (Å²) < 4.78 is 5.10. The lowest BCUT2D eigenvalue weighted by molar-refractivity contribution is -0.145. The van der Waals surface area contributed by atoms with Crippen LogP contribution in [0, 0.1) is 0 Å². The molecule has 35 heavy (non-hydrogen) atoms. The van der Waals surface area contributed by atoms with Gasteiger partial charge in [-0.2, -0.15) is 0 Å². The number of para-hydroxylation sites is 1. The first kappa shape index (κ1) is 26.4. The van der Waals surface area contributed by atoms with Gasteiger partial charge >= 0.3 is 5.97 Å². The van der Waals surface area contributed by atoms with E-state index in [1.165, 1.54) is 0 Å². The molecule has 188 valence electrons. The van der Waals surface area contributed by atoms with Crippen molar-refractivity contribution in [1.82, 2.24) is 14.7 Å². The topological polar surface area (TPSA) is 82.2 Å². The van der Waals surface area contributed by atoms with Gasteiger partial charge in [-0.3, -0.25) is 24.2 Å². The highest BCUT2D eigenvalue weighted by Gasteiger charge is 2.25. The van der Waals surface area contributed by atoms with Crippen LogP contribution in [0.5, 0.6) is 0 Å². The SMILES string of the molecule is CCOC(=O)CN(CC(=O)N1CCN(CC(=O)Nc2ccccc2CC)CC1)Cc1ccccc1. The Morgan fingerprint density at radius 3 is 2.29 bits per heavy atom. The fraction of sp³-hybridized carbons (Fsp3) is 0.444. The van der Waals surface area contributed by atoms with Crippen molar-refractivity contribution in [2.75, 3.05) is 57.7 Å². The van der Waals surface area contributed by atoms with E-state index in [1.54, 1.807) is 6.92 Å². The quantitative estimate of drug-likeness (QED) is 0.498. The van der Waals surface area contributed by atoms with Gasteiger partial charge in [0.25, 0.3) is 0 Å². The zero-order valence-corrected chi connectivity index (χ0v) is 20.7. The second-order valence-electron chi connectivity index (χ2n) is 8.65. The first-order chi connectivity index (χ1) is 17.0. The molecule has 2 aromatic carbocycles. The van der Waals surface area contributed by atoms with Crippen LogP contribution >= 0.6 is 0 Å². The van der Waals surface area contributed by atoms with E-state index in [4.69, 9.17) is 4.74 Å². The van der Waals surface area contributed by atoms with Crippen molar-refractivity contribution in [3.8, 4) is 0 Å². The van der Waals surface area contributed by atoms with Gasteiger partial charge in [-0.15, -0.1) is 0 Å². The molecule has 1 heterocycles. The normalized spacial score (nSPS) is 14.1. The third kappa shape index (κ3) is 8.49. The summed E-state index contributed by atoms with van der Waals surface area (Å²) >= 11 is 0. The summed E-state index contributed by atoms with van der Waals surface area (Å²) in [4.78, 5) is 43.3. The lowest BCUT2D eigenvalue weighted by Gasteiger charge is -2.35. The van der Waals surface area contributed by atoms with E-state index in [0.29, 0.717) is 45.9 Å². The second-order valence-corrected chi connectivity index (χ2v) is 8.65. The number of rotatable bonds is 11. The van der Waals surface area contributed by atoms with E-state index in [1.807, 2.05) is 64.4 Å². The molecule has 1 aliphatic rings. The van der Waals surface area contributed by atoms with E-state index in [2.05, 4.69) is 17.1 Å². The average molecular weight is 481 g/mol. The molecule has 0 spiro atoms. The molecule has 0 bridgehead atoms. The van der Waals surface area contributed by atoms with E-state index in [9.17, 15) is 14.4 Å². The van der Waals surface area contributed by atoms with Crippen LogP contribution in [0.3, 0.4) is 0 Å². The molecule has 3 rings (SSSR count). The summed E-state index contributed by atoms with van der Waals surface area (Å²) in [7, 11) is 0. The number of carbonyl (C=O) groups is 3. The van der Waals surface area contributed by atoms with Crippen LogP contribution in [0.15, 0.2) is 54.6 Å². The lowest BCUT2D eigenvalue weighted by atomic mass is 10.1. The van der Waals surface area contributed by atoms with Crippen molar-refractivity contribution in [2.45, 2.75) is 26.8 Å². The van der Waals surface area contributed by atoms with Gasteiger partial charge in [0, 0.05) is 38.4 Å². The number of benzene rings is 2. The number of nitrogens with zero attached hydrogens (tertiary/aromatic N) is 3. The number of aryl methyl sites for hydroxylation is 1. The van der Waals surface area contributed by atoms with Gasteiger partial charge < -0.3 is 15.0 Å². The Kier molecular flexibility index (Phi) is 10.3. The maximum Gasteiger partial charge on any atom is 0.320 e. The Morgan fingerprint density at radius 1 is 0.914 bits per heavy atom. The highest BCUT2D eigenvalue weighted by Crippen LogP contribution is 2.15. The molecule has 8 nitrogen and oxygen atoms in total. The molecular weight excluding hydrogens is 444 g/mol. The first-order valence-corrected chi connectivity index (χ1v) is 12.3. The smallest absolute Gasteiger partial charge is 0.320 e. The molecule has 2 amide bonds. The van der Waals surface area contributed by atoms with Crippen LogP contribution < -0.4 is 5.32 Å². The molecule has 0 aromatic heterocycles. The monoisotopic (exact) mass is 480 g/mol. The number of piperazine rings is 1. The van der Waals surface area contributed by atoms with Crippen LogP contribution in [0.1, 0.15) is 25.0 Å². The van der Waals surface area contributed by atoms with Crippen molar-refractivity contribution < 1.29 is 19.1 Å². The Hall–Kier alpha value is -3.23. The Balaban J connectivity index is 1.49. The standard InChI is InChI=1S/C27H36N4O4/c1-3-23-12-8-9-13-24(23)28-25(32)19-29-14-16-31(17-15-29)26(33)20-30(21-27(34)35-4-2)18-22-10-6-5-7-11-22/h5-13H,3-4,14-21H2,1-2H3,(H,28,32). The van der Waals surface area contributed by atoms with Gasteiger partial charge in [0.2, 0.25) is 11.8 Å². The summed E-state index contributed by atoms with van der Waals surface area (Å²) in [6.45, 7) is 7.50. The van der Waals surface area contributed by atoms with Crippen molar-refractivity contribution in [1.29, 1.82) is 0 Å². The van der Waals surface area contributed by atoms with E-state index in [-0.39, 0.29) is 30.9 Å². The molecule has 0 radical (unpaired) electrons. The number of esters is 1. The first-order valence-electron chi connectivity index (χ1n) is 12.3. The maximum atomic E-state index is 13.0. The van der Waals surface area contributed by atoms with Crippen molar-refractivity contribution in [2.24, 2.45) is 0 Å². The number of anilines is 1. The summed E-state index contributed by atoms with van der Waals surface area (Å²) in [6.07, 6.45) is 0.856. The fourth-order valence-electron chi connectivity index (χ4n) is 4.19. The summed E-state index contributed by atoms with van der Waals surface area (Å²) in [5.74, 6) is -0.405. The van der Waals surface area contributed by atoms with Crippen LogP contribution in [0.25, 0.3) is 0 Å². The summed E-state index contributed by atoms with van der Waals surface area (Å²) in [5, 5.41) is 3.01. The van der Waals surface area contributed by atoms with E-state index < -0.39 is 0 Å². The molecule has 0 unspecified atom stereocenters. The van der Waals surface area contributed by atoms with Gasteiger partial charge in [0.15, 0.2) is 0 Å². The molecule has 1 saturated heterocycles. The van der Waals surface area contributed by atoms with Crippen LogP contribution in [0.4, 0.5) is 5.69 Å². The van der Waals surface area contributed by atoms with Gasteiger partial charge in [0.1, 0.15) is 0 Å². The molecule has 1 N–H and O–H groups in total. The Morgan fingerprint density at radius 2 is 1.60 bits per heavy atom. The number of ether oxygens (including phenoxy) is 1. The van der Waals surface area contributed by atoms with Crippen LogP contribution in [0.2, 0.25) is 0 Å². The van der Waals surface area contributed by atoms with Gasteiger partial charge in [0.05, 0.1) is 26.2 Å². The molecular formula is C27H36N4O4. The number of nitrogens with one attached hydrogen (secondary N) is 1. The molecule has 8 heteroatoms. The highest BCUT2D eigenvalue weighted by atomic mass is 16.5. The highest BCUT2D eigenvalue weighted by molar-refractivity contribution is 5.93. The van der Waals surface area contributed by atoms with Gasteiger partial charge in [-0.05, 0) is 30.5 Å². The molecule has 0 atom stereocenters. The molecule has 0 saturated carbocycles. The van der Waals surface area contributed by atoms with E-state index >= 15 is 0 Å². The Bertz CT molecular complexity index is 974. The molecule has 1 aliphatic heterocycles. The minimum atomic E-state index is -0.336. The summed E-state index contributed by atoms with van der Waals surface area (Å²) in [6, 6.07) is 17.6. The number of hydrogen-bond acceptors (Lipinski definition) is 6.